The van der Waals surface area contributed by atoms with E-state index in [0.29, 0.717) is 19.4 Å². The molecule has 0 radical (unpaired) electrons. The van der Waals surface area contributed by atoms with Gasteiger partial charge in [0.15, 0.2) is 11.9 Å². The zero-order valence-electron chi connectivity index (χ0n) is 13.9. The zero-order chi connectivity index (χ0) is 19.3. The van der Waals surface area contributed by atoms with Gasteiger partial charge < -0.3 is 35.8 Å². The number of hydrogen-bond donors (Lipinski definition) is 4. The van der Waals surface area contributed by atoms with E-state index >= 15 is 0 Å². The lowest BCUT2D eigenvalue weighted by Gasteiger charge is -2.22. The number of nitrogens with one attached hydrogen (secondary N) is 1. The lowest BCUT2D eigenvalue weighted by Crippen LogP contribution is -2.47. The van der Waals surface area contributed by atoms with Gasteiger partial charge in [0.1, 0.15) is 6.04 Å². The van der Waals surface area contributed by atoms with Gasteiger partial charge in [0.2, 0.25) is 0 Å². The third-order valence-electron chi connectivity index (χ3n) is 4.05. The fourth-order valence-corrected chi connectivity index (χ4v) is 2.65. The van der Waals surface area contributed by atoms with Crippen LogP contribution in [0, 0.1) is 0 Å². The highest BCUT2D eigenvalue weighted by molar-refractivity contribution is 5.83. The number of aromatic nitrogens is 2. The molecule has 1 aliphatic heterocycles. The van der Waals surface area contributed by atoms with E-state index in [1.807, 2.05) is 0 Å². The van der Waals surface area contributed by atoms with Crippen LogP contribution in [0.2, 0.25) is 0 Å². The molecule has 7 N–H and O–H groups in total. The average Bonchev–Trinajstić information content (AvgIpc) is 3.26. The molecule has 1 unspecified atom stereocenters. The van der Waals surface area contributed by atoms with Crippen molar-refractivity contribution < 1.29 is 34.2 Å². The quantitative estimate of drug-likeness (QED) is 0.388. The number of likely N-dealkylation sites (tertiary alicyclic amines) is 1. The minimum Gasteiger partial charge on any atom is -0.563 e. The topological polar surface area (TPSA) is 195 Å². The second kappa shape index (κ2) is 8.58. The van der Waals surface area contributed by atoms with E-state index in [4.69, 9.17) is 20.5 Å². The molecule has 0 aliphatic carbocycles. The number of aliphatic carboxylic acids is 1. The number of aliphatic hydroxyl groups excluding tert-OH is 1. The number of nitrogens with zero attached hydrogens (tertiary/aromatic N) is 3. The van der Waals surface area contributed by atoms with E-state index in [9.17, 15) is 19.5 Å². The Hall–Kier alpha value is -2.73. The number of carbonyl (C=O) groups is 3. The molecule has 1 aromatic rings. The molecule has 2 heterocycles. The molecule has 0 bridgehead atoms. The number of nitrogens with two attached hydrogens (primary N) is 1. The van der Waals surface area contributed by atoms with Gasteiger partial charge in [0.25, 0.3) is 5.89 Å². The van der Waals surface area contributed by atoms with E-state index < -0.39 is 42.7 Å². The Morgan fingerprint density at radius 2 is 2.19 bits per heavy atom. The minimum absolute atomic E-state index is 0.0642. The Morgan fingerprint density at radius 3 is 2.81 bits per heavy atom. The monoisotopic (exact) mass is 372 g/mol. The first kappa shape index (κ1) is 19.6. The van der Waals surface area contributed by atoms with Gasteiger partial charge >= 0.3 is 18.0 Å². The van der Waals surface area contributed by atoms with Gasteiger partial charge in [0, 0.05) is 17.8 Å². The van der Waals surface area contributed by atoms with Crippen LogP contribution < -0.4 is 11.1 Å². The molecule has 144 valence electrons. The van der Waals surface area contributed by atoms with Gasteiger partial charge in [-0.05, 0) is 19.3 Å². The molecule has 0 spiro atoms. The fourth-order valence-electron chi connectivity index (χ4n) is 2.65. The molecule has 1 fully saturated rings. The maximum atomic E-state index is 12.3. The number of amides is 2. The first-order chi connectivity index (χ1) is 12.3. The molecule has 1 saturated heterocycles. The summed E-state index contributed by atoms with van der Waals surface area (Å²) in [5.41, 5.74) is 5.79. The molecule has 1 aromatic heterocycles. The summed E-state index contributed by atoms with van der Waals surface area (Å²) in [4.78, 5) is 39.4. The van der Waals surface area contributed by atoms with Crippen LogP contribution in [0.1, 0.15) is 49.5 Å². The fraction of sp³-hybridized carbons (Fsp3) is 0.643. The molecule has 1 aliphatic rings. The van der Waals surface area contributed by atoms with Crippen molar-refractivity contribution in [2.24, 2.45) is 5.73 Å². The summed E-state index contributed by atoms with van der Waals surface area (Å²) in [6.45, 7) is -0.209. The van der Waals surface area contributed by atoms with Crippen LogP contribution in [0.15, 0.2) is 4.52 Å². The van der Waals surface area contributed by atoms with Crippen LogP contribution in [0.5, 0.6) is 0 Å². The van der Waals surface area contributed by atoms with Crippen LogP contribution in [0.4, 0.5) is 4.79 Å². The van der Waals surface area contributed by atoms with Crippen molar-refractivity contribution in [3.05, 3.63) is 11.7 Å². The molecule has 3 atom stereocenters. The summed E-state index contributed by atoms with van der Waals surface area (Å²) >= 11 is 0. The van der Waals surface area contributed by atoms with E-state index in [-0.39, 0.29) is 24.6 Å². The van der Waals surface area contributed by atoms with Gasteiger partial charge in [-0.1, -0.05) is 5.16 Å². The first-order valence-corrected chi connectivity index (χ1v) is 8.07. The molecule has 12 nitrogen and oxygen atoms in total. The van der Waals surface area contributed by atoms with Crippen LogP contribution in [0.3, 0.4) is 0 Å². The van der Waals surface area contributed by atoms with Gasteiger partial charge in [-0.25, -0.2) is 4.79 Å². The molecule has 2 rings (SSSR count). The summed E-state index contributed by atoms with van der Waals surface area (Å²) in [5, 5.41) is 31.5. The summed E-state index contributed by atoms with van der Waals surface area (Å²) in [6, 6.07) is -3.21. The Bertz CT molecular complexity index is 664. The SMILES string of the molecule is N[C@@H](CCC(=O)O)c1noc([C@H](CO)NC(=O)N2CCCC2C(=O)[OH2+])n1. The van der Waals surface area contributed by atoms with E-state index in [1.54, 1.807) is 0 Å². The predicted octanol–water partition coefficient (Wildman–Crippen LogP) is -1.61. The summed E-state index contributed by atoms with van der Waals surface area (Å²) in [5.74, 6) is -1.87. The average molecular weight is 372 g/mol. The maximum Gasteiger partial charge on any atom is 0.538 e. The second-order valence-corrected chi connectivity index (χ2v) is 5.93. The predicted molar refractivity (Wildman–Crippen MR) is 84.8 cm³/mol. The number of aliphatic hydroxyl groups is 1. The normalized spacial score (nSPS) is 19.2. The van der Waals surface area contributed by atoms with E-state index in [1.165, 1.54) is 4.90 Å². The molecule has 2 amide bonds. The van der Waals surface area contributed by atoms with Crippen molar-refractivity contribution in [1.29, 1.82) is 0 Å². The highest BCUT2D eigenvalue weighted by Gasteiger charge is 2.39. The zero-order valence-corrected chi connectivity index (χ0v) is 13.9. The number of carbonyl (C=O) groups excluding carboxylic acids is 2. The van der Waals surface area contributed by atoms with Crippen molar-refractivity contribution in [1.82, 2.24) is 20.4 Å². The van der Waals surface area contributed by atoms with Gasteiger partial charge in [-0.2, -0.15) is 4.98 Å². The van der Waals surface area contributed by atoms with Crippen LogP contribution in [-0.4, -0.2) is 67.5 Å². The van der Waals surface area contributed by atoms with Crippen LogP contribution >= 0.6 is 0 Å². The van der Waals surface area contributed by atoms with Crippen molar-refractivity contribution in [3.63, 3.8) is 0 Å². The number of carboxylic acid groups (broad SMARTS) is 1. The molecular formula is C14H22N5O7+. The second-order valence-electron chi connectivity index (χ2n) is 5.93. The molecular weight excluding hydrogens is 350 g/mol. The molecule has 12 heteroatoms. The molecule has 26 heavy (non-hydrogen) atoms. The Kier molecular flexibility index (Phi) is 6.46. The van der Waals surface area contributed by atoms with E-state index in [0.717, 1.165) is 0 Å². The third-order valence-corrected chi connectivity index (χ3v) is 4.05. The van der Waals surface area contributed by atoms with Crippen molar-refractivity contribution in [2.45, 2.75) is 43.8 Å². The highest BCUT2D eigenvalue weighted by Crippen LogP contribution is 2.20. The first-order valence-electron chi connectivity index (χ1n) is 8.07. The third kappa shape index (κ3) is 4.67. The van der Waals surface area contributed by atoms with Crippen LogP contribution in [0.25, 0.3) is 0 Å². The highest BCUT2D eigenvalue weighted by atomic mass is 16.5. The summed E-state index contributed by atoms with van der Waals surface area (Å²) in [6.07, 6.45) is 0.965. The standard InChI is InChI=1S/C14H21N5O7/c15-7(3-4-10(21)22)11-17-12(26-18-11)8(6-20)16-14(25)19-5-1-2-9(19)13(23)24/h7-9,20H,1-6,15H2,(H,16,25)(H,21,22)(H,23,24)/p+1/t7-,8-,9?/m0/s1. The van der Waals surface area contributed by atoms with Gasteiger partial charge in [0.05, 0.1) is 12.6 Å². The van der Waals surface area contributed by atoms with Crippen molar-refractivity contribution in [3.8, 4) is 0 Å². The lowest BCUT2D eigenvalue weighted by molar-refractivity contribution is -0.141. The van der Waals surface area contributed by atoms with Crippen molar-refractivity contribution >= 4 is 18.0 Å². The lowest BCUT2D eigenvalue weighted by atomic mass is 10.1. The summed E-state index contributed by atoms with van der Waals surface area (Å²) in [7, 11) is 0. The Labute approximate surface area is 148 Å². The Morgan fingerprint density at radius 1 is 1.46 bits per heavy atom. The molecule has 0 aromatic carbocycles. The van der Waals surface area contributed by atoms with Crippen LogP contribution in [-0.2, 0) is 9.59 Å². The smallest absolute Gasteiger partial charge is 0.538 e. The number of rotatable bonds is 8. The minimum atomic E-state index is -1.02. The largest absolute Gasteiger partial charge is 0.563 e. The van der Waals surface area contributed by atoms with E-state index in [2.05, 4.69) is 15.5 Å². The number of urea groups is 1. The number of hydrogen-bond acceptors (Lipinski definition) is 8. The van der Waals surface area contributed by atoms with Gasteiger partial charge in [-0.3, -0.25) is 4.79 Å². The number of carboxylic acids is 1. The molecule has 0 saturated carbocycles. The van der Waals surface area contributed by atoms with Gasteiger partial charge in [-0.15, -0.1) is 0 Å². The van der Waals surface area contributed by atoms with Crippen molar-refractivity contribution in [2.75, 3.05) is 13.2 Å². The Balaban J connectivity index is 2.01. The summed E-state index contributed by atoms with van der Waals surface area (Å²) < 4.78 is 5.00. The maximum absolute atomic E-state index is 12.3.